The van der Waals surface area contributed by atoms with Crippen LogP contribution in [0.2, 0.25) is 0 Å². The van der Waals surface area contributed by atoms with Crippen molar-refractivity contribution in [1.29, 1.82) is 0 Å². The third-order valence-corrected chi connectivity index (χ3v) is 4.02. The third-order valence-electron chi connectivity index (χ3n) is 3.52. The average Bonchev–Trinajstić information content (AvgIpc) is 2.47. The number of nitrogens with zero attached hydrogens (tertiary/aromatic N) is 2. The average molecular weight is 367 g/mol. The van der Waals surface area contributed by atoms with Gasteiger partial charge in [0.05, 0.1) is 0 Å². The highest BCUT2D eigenvalue weighted by Gasteiger charge is 2.44. The van der Waals surface area contributed by atoms with Crippen LogP contribution in [0.5, 0.6) is 17.5 Å². The van der Waals surface area contributed by atoms with Crippen LogP contribution in [0.3, 0.4) is 0 Å². The molecule has 0 spiro atoms. The smallest absolute Gasteiger partial charge is 0.234 e. The SMILES string of the molecule is CC1(C)Oc2ccc(Br)cc2C(Oc2ccc(O)nn2)C1O. The maximum absolute atomic E-state index is 10.6. The first kappa shape index (κ1) is 15.1. The molecule has 0 saturated heterocycles. The Morgan fingerprint density at radius 1 is 1.23 bits per heavy atom. The maximum Gasteiger partial charge on any atom is 0.234 e. The molecule has 0 radical (unpaired) electrons. The maximum atomic E-state index is 10.6. The lowest BCUT2D eigenvalue weighted by Crippen LogP contribution is -2.50. The fourth-order valence-corrected chi connectivity index (χ4v) is 2.73. The number of hydrogen-bond acceptors (Lipinski definition) is 6. The first-order chi connectivity index (χ1) is 10.4. The molecule has 116 valence electrons. The summed E-state index contributed by atoms with van der Waals surface area (Å²) in [5, 5.41) is 27.1. The van der Waals surface area contributed by atoms with Crippen molar-refractivity contribution in [2.45, 2.75) is 31.7 Å². The lowest BCUT2D eigenvalue weighted by molar-refractivity contribution is -0.104. The molecule has 1 aliphatic rings. The Hall–Kier alpha value is -1.86. The molecule has 1 aromatic carbocycles. The summed E-state index contributed by atoms with van der Waals surface area (Å²) in [6.07, 6.45) is -1.56. The molecule has 6 nitrogen and oxygen atoms in total. The van der Waals surface area contributed by atoms with Crippen molar-refractivity contribution >= 4 is 15.9 Å². The fraction of sp³-hybridized carbons (Fsp3) is 0.333. The molecule has 0 aliphatic carbocycles. The van der Waals surface area contributed by atoms with Crippen molar-refractivity contribution in [1.82, 2.24) is 10.2 Å². The van der Waals surface area contributed by atoms with Crippen LogP contribution in [-0.2, 0) is 0 Å². The molecule has 0 amide bonds. The number of rotatable bonds is 2. The first-order valence-electron chi connectivity index (χ1n) is 6.73. The van der Waals surface area contributed by atoms with Gasteiger partial charge in [0, 0.05) is 22.2 Å². The van der Waals surface area contributed by atoms with Crippen molar-refractivity contribution in [3.63, 3.8) is 0 Å². The Kier molecular flexibility index (Phi) is 3.70. The molecule has 7 heteroatoms. The van der Waals surface area contributed by atoms with Gasteiger partial charge in [0.25, 0.3) is 0 Å². The summed E-state index contributed by atoms with van der Waals surface area (Å²) in [4.78, 5) is 0. The second-order valence-corrected chi connectivity index (χ2v) is 6.52. The normalized spacial score (nSPS) is 22.5. The highest BCUT2D eigenvalue weighted by atomic mass is 79.9. The van der Waals surface area contributed by atoms with Gasteiger partial charge in [-0.1, -0.05) is 15.9 Å². The number of halogens is 1. The third kappa shape index (κ3) is 2.74. The van der Waals surface area contributed by atoms with Gasteiger partial charge in [-0.2, -0.15) is 0 Å². The molecule has 0 fully saturated rings. The van der Waals surface area contributed by atoms with Crippen molar-refractivity contribution in [2.24, 2.45) is 0 Å². The number of aliphatic hydroxyl groups excluding tert-OH is 1. The molecular weight excluding hydrogens is 352 g/mol. The van der Waals surface area contributed by atoms with Crippen LogP contribution in [0.1, 0.15) is 25.5 Å². The summed E-state index contributed by atoms with van der Waals surface area (Å²) in [5.74, 6) is 0.670. The van der Waals surface area contributed by atoms with Crippen LogP contribution in [-0.4, -0.2) is 32.1 Å². The van der Waals surface area contributed by atoms with Gasteiger partial charge in [-0.3, -0.25) is 0 Å². The second kappa shape index (κ2) is 5.40. The lowest BCUT2D eigenvalue weighted by Gasteiger charge is -2.41. The van der Waals surface area contributed by atoms with E-state index in [1.54, 1.807) is 13.8 Å². The fourth-order valence-electron chi connectivity index (χ4n) is 2.35. The van der Waals surface area contributed by atoms with Crippen LogP contribution >= 0.6 is 15.9 Å². The summed E-state index contributed by atoms with van der Waals surface area (Å²) in [5.41, 5.74) is -0.0911. The molecule has 2 atom stereocenters. The minimum Gasteiger partial charge on any atom is -0.492 e. The van der Waals surface area contributed by atoms with Gasteiger partial charge in [-0.15, -0.1) is 10.2 Å². The monoisotopic (exact) mass is 366 g/mol. The topological polar surface area (TPSA) is 84.7 Å². The summed E-state index contributed by atoms with van der Waals surface area (Å²) >= 11 is 3.41. The number of aromatic hydroxyl groups is 1. The van der Waals surface area contributed by atoms with E-state index in [0.29, 0.717) is 5.75 Å². The summed E-state index contributed by atoms with van der Waals surface area (Å²) < 4.78 is 12.5. The zero-order valence-electron chi connectivity index (χ0n) is 12.0. The van der Waals surface area contributed by atoms with Gasteiger partial charge in [0.2, 0.25) is 11.8 Å². The van der Waals surface area contributed by atoms with Crippen molar-refractivity contribution in [2.75, 3.05) is 0 Å². The first-order valence-corrected chi connectivity index (χ1v) is 7.52. The Balaban J connectivity index is 2.00. The molecule has 22 heavy (non-hydrogen) atoms. The van der Waals surface area contributed by atoms with E-state index < -0.39 is 17.8 Å². The highest BCUT2D eigenvalue weighted by molar-refractivity contribution is 9.10. The Morgan fingerprint density at radius 3 is 2.68 bits per heavy atom. The van der Waals surface area contributed by atoms with Gasteiger partial charge in [0.15, 0.2) is 6.10 Å². The van der Waals surface area contributed by atoms with E-state index in [1.165, 1.54) is 12.1 Å². The zero-order valence-corrected chi connectivity index (χ0v) is 13.6. The lowest BCUT2D eigenvalue weighted by atomic mass is 9.88. The van der Waals surface area contributed by atoms with E-state index in [0.717, 1.165) is 10.0 Å². The molecule has 2 unspecified atom stereocenters. The largest absolute Gasteiger partial charge is 0.492 e. The van der Waals surface area contributed by atoms with E-state index in [1.807, 2.05) is 18.2 Å². The minimum atomic E-state index is -0.898. The van der Waals surface area contributed by atoms with Gasteiger partial charge in [0.1, 0.15) is 17.5 Å². The van der Waals surface area contributed by atoms with Crippen molar-refractivity contribution < 1.29 is 19.7 Å². The number of hydrogen-bond donors (Lipinski definition) is 2. The number of aromatic nitrogens is 2. The van der Waals surface area contributed by atoms with E-state index in [2.05, 4.69) is 26.1 Å². The predicted molar refractivity (Wildman–Crippen MR) is 81.9 cm³/mol. The molecule has 1 aromatic heterocycles. The molecule has 2 N–H and O–H groups in total. The van der Waals surface area contributed by atoms with Gasteiger partial charge >= 0.3 is 0 Å². The van der Waals surface area contributed by atoms with Crippen LogP contribution in [0, 0.1) is 0 Å². The van der Waals surface area contributed by atoms with Crippen molar-refractivity contribution in [3.8, 4) is 17.5 Å². The second-order valence-electron chi connectivity index (χ2n) is 5.60. The quantitative estimate of drug-likeness (QED) is 0.849. The Labute approximate surface area is 135 Å². The van der Waals surface area contributed by atoms with Crippen LogP contribution in [0.15, 0.2) is 34.8 Å². The standard InChI is InChI=1S/C15H15BrN2O4/c1-15(2)14(20)13(21-12-6-5-11(19)17-18-12)9-7-8(16)3-4-10(9)22-15/h3-7,13-14,20H,1-2H3,(H,17,19). The summed E-state index contributed by atoms with van der Waals surface area (Å²) in [6.45, 7) is 3.59. The minimum absolute atomic E-state index is 0.191. The number of benzene rings is 1. The van der Waals surface area contributed by atoms with E-state index >= 15 is 0 Å². The van der Waals surface area contributed by atoms with E-state index in [4.69, 9.17) is 9.47 Å². The molecule has 3 rings (SSSR count). The number of fused-ring (bicyclic) bond motifs is 1. The van der Waals surface area contributed by atoms with Crippen LogP contribution < -0.4 is 9.47 Å². The van der Waals surface area contributed by atoms with Crippen LogP contribution in [0.4, 0.5) is 0 Å². The van der Waals surface area contributed by atoms with E-state index in [-0.39, 0.29) is 11.8 Å². The number of ether oxygens (including phenoxy) is 2. The highest BCUT2D eigenvalue weighted by Crippen LogP contribution is 2.42. The Bertz CT molecular complexity index is 690. The predicted octanol–water partition coefficient (Wildman–Crippen LogP) is 2.60. The summed E-state index contributed by atoms with van der Waals surface area (Å²) in [6, 6.07) is 8.40. The number of aliphatic hydroxyl groups is 1. The van der Waals surface area contributed by atoms with Crippen LogP contribution in [0.25, 0.3) is 0 Å². The summed E-state index contributed by atoms with van der Waals surface area (Å²) in [7, 11) is 0. The van der Waals surface area contributed by atoms with Gasteiger partial charge in [-0.05, 0) is 32.0 Å². The molecule has 2 heterocycles. The molecule has 2 aromatic rings. The van der Waals surface area contributed by atoms with E-state index in [9.17, 15) is 10.2 Å². The van der Waals surface area contributed by atoms with Gasteiger partial charge in [-0.25, -0.2) is 0 Å². The molecular formula is C15H15BrN2O4. The molecule has 0 saturated carbocycles. The molecule has 1 aliphatic heterocycles. The molecule has 0 bridgehead atoms. The van der Waals surface area contributed by atoms with Gasteiger partial charge < -0.3 is 19.7 Å². The Morgan fingerprint density at radius 2 is 2.00 bits per heavy atom. The van der Waals surface area contributed by atoms with Crippen molar-refractivity contribution in [3.05, 3.63) is 40.4 Å². The zero-order chi connectivity index (χ0) is 15.9.